The van der Waals surface area contributed by atoms with Gasteiger partial charge in [0.15, 0.2) is 0 Å². The molecule has 0 aliphatic rings. The molecular weight excluding hydrogens is 387 g/mol. The standard InChI is InChI=1S/C20H27BN4O5/c1-12(2)9-17(21(29)30)24-20(28)18(13(3)26)25-19(27)16-11-22-15(10-23-16)14-7-5-4-6-8-14/h4-8,10-13,17-18,26,29-30H,9H2,1-3H3,(H,24,28)(H,25,27)/t13-,17+,18+/m1/s1. The fraction of sp³-hybridized carbons (Fsp3) is 0.400. The summed E-state index contributed by atoms with van der Waals surface area (Å²) in [6.45, 7) is 5.09. The second kappa shape index (κ2) is 10.8. The second-order valence-corrected chi connectivity index (χ2v) is 7.50. The molecule has 10 heteroatoms. The van der Waals surface area contributed by atoms with Crippen LogP contribution in [0.5, 0.6) is 0 Å². The third-order valence-electron chi connectivity index (χ3n) is 4.42. The van der Waals surface area contributed by atoms with Crippen LogP contribution in [-0.4, -0.2) is 62.1 Å². The average molecular weight is 414 g/mol. The lowest BCUT2D eigenvalue weighted by Crippen LogP contribution is -2.57. The molecule has 160 valence electrons. The predicted octanol–water partition coefficient (Wildman–Crippen LogP) is 0.166. The van der Waals surface area contributed by atoms with Crippen LogP contribution in [-0.2, 0) is 4.79 Å². The summed E-state index contributed by atoms with van der Waals surface area (Å²) >= 11 is 0. The highest BCUT2D eigenvalue weighted by atomic mass is 16.4. The van der Waals surface area contributed by atoms with Gasteiger partial charge in [0.2, 0.25) is 5.91 Å². The highest BCUT2D eigenvalue weighted by Gasteiger charge is 2.32. The third kappa shape index (κ3) is 6.62. The van der Waals surface area contributed by atoms with Crippen LogP contribution in [0, 0.1) is 5.92 Å². The summed E-state index contributed by atoms with van der Waals surface area (Å²) in [4.78, 5) is 33.4. The van der Waals surface area contributed by atoms with E-state index in [-0.39, 0.29) is 11.6 Å². The van der Waals surface area contributed by atoms with E-state index in [2.05, 4.69) is 20.6 Å². The molecular formula is C20H27BN4O5. The van der Waals surface area contributed by atoms with E-state index in [1.807, 2.05) is 44.2 Å². The summed E-state index contributed by atoms with van der Waals surface area (Å²) in [6.07, 6.45) is 1.83. The highest BCUT2D eigenvalue weighted by molar-refractivity contribution is 6.43. The maximum atomic E-state index is 12.5. The normalized spacial score (nSPS) is 14.0. The van der Waals surface area contributed by atoms with Crippen molar-refractivity contribution in [3.05, 3.63) is 48.4 Å². The quantitative estimate of drug-likeness (QED) is 0.368. The molecule has 1 aromatic heterocycles. The molecule has 30 heavy (non-hydrogen) atoms. The Morgan fingerprint density at radius 1 is 1.03 bits per heavy atom. The molecule has 0 saturated heterocycles. The van der Waals surface area contributed by atoms with Crippen molar-refractivity contribution in [2.45, 2.75) is 45.3 Å². The number of rotatable bonds is 9. The van der Waals surface area contributed by atoms with Crippen molar-refractivity contribution in [3.63, 3.8) is 0 Å². The van der Waals surface area contributed by atoms with E-state index in [0.29, 0.717) is 12.1 Å². The van der Waals surface area contributed by atoms with Crippen molar-refractivity contribution in [1.29, 1.82) is 0 Å². The second-order valence-electron chi connectivity index (χ2n) is 7.50. The largest absolute Gasteiger partial charge is 0.475 e. The van der Waals surface area contributed by atoms with Crippen molar-refractivity contribution < 1.29 is 24.7 Å². The molecule has 2 rings (SSSR count). The maximum Gasteiger partial charge on any atom is 0.475 e. The van der Waals surface area contributed by atoms with Gasteiger partial charge in [-0.3, -0.25) is 14.6 Å². The SMILES string of the molecule is CC(C)C[C@H](NC(=O)[C@@H](NC(=O)c1cnc(-c2ccccc2)cn1)[C@@H](C)O)B(O)O. The molecule has 9 nitrogen and oxygen atoms in total. The van der Waals surface area contributed by atoms with Gasteiger partial charge in [0, 0.05) is 5.56 Å². The number of nitrogens with zero attached hydrogens (tertiary/aromatic N) is 2. The Morgan fingerprint density at radius 2 is 1.70 bits per heavy atom. The fourth-order valence-corrected chi connectivity index (χ4v) is 2.86. The molecule has 0 fully saturated rings. The molecule has 2 aromatic rings. The van der Waals surface area contributed by atoms with Crippen LogP contribution < -0.4 is 10.6 Å². The van der Waals surface area contributed by atoms with Gasteiger partial charge in [0.1, 0.15) is 11.7 Å². The molecule has 0 aliphatic heterocycles. The van der Waals surface area contributed by atoms with Crippen LogP contribution in [0.25, 0.3) is 11.3 Å². The van der Waals surface area contributed by atoms with E-state index in [1.54, 1.807) is 0 Å². The van der Waals surface area contributed by atoms with Gasteiger partial charge in [0.25, 0.3) is 5.91 Å². The van der Waals surface area contributed by atoms with Crippen molar-refractivity contribution in [2.24, 2.45) is 5.92 Å². The Bertz CT molecular complexity index is 831. The van der Waals surface area contributed by atoms with E-state index < -0.39 is 37.0 Å². The van der Waals surface area contributed by atoms with Gasteiger partial charge in [-0.1, -0.05) is 44.2 Å². The molecule has 0 radical (unpaired) electrons. The smallest absolute Gasteiger partial charge is 0.426 e. The van der Waals surface area contributed by atoms with Gasteiger partial charge >= 0.3 is 7.12 Å². The van der Waals surface area contributed by atoms with Gasteiger partial charge in [-0.05, 0) is 19.3 Å². The maximum absolute atomic E-state index is 12.5. The van der Waals surface area contributed by atoms with E-state index in [4.69, 9.17) is 0 Å². The van der Waals surface area contributed by atoms with Crippen LogP contribution >= 0.6 is 0 Å². The van der Waals surface area contributed by atoms with E-state index >= 15 is 0 Å². The number of hydrogen-bond acceptors (Lipinski definition) is 7. The first-order valence-corrected chi connectivity index (χ1v) is 9.72. The first kappa shape index (κ1) is 23.5. The first-order chi connectivity index (χ1) is 14.2. The van der Waals surface area contributed by atoms with Gasteiger partial charge in [-0.15, -0.1) is 0 Å². The van der Waals surface area contributed by atoms with E-state index in [9.17, 15) is 24.7 Å². The zero-order chi connectivity index (χ0) is 22.3. The Labute approximate surface area is 175 Å². The molecule has 2 amide bonds. The van der Waals surface area contributed by atoms with E-state index in [1.165, 1.54) is 19.3 Å². The molecule has 0 bridgehead atoms. The van der Waals surface area contributed by atoms with Crippen molar-refractivity contribution in [2.75, 3.05) is 0 Å². The predicted molar refractivity (Wildman–Crippen MR) is 112 cm³/mol. The molecule has 1 heterocycles. The van der Waals surface area contributed by atoms with Crippen LogP contribution in [0.4, 0.5) is 0 Å². The minimum absolute atomic E-state index is 0.0194. The number of aromatic nitrogens is 2. The number of carbonyl (C=O) groups is 2. The molecule has 1 aromatic carbocycles. The number of amides is 2. The summed E-state index contributed by atoms with van der Waals surface area (Å²) in [5, 5.41) is 33.8. The molecule has 0 aliphatic carbocycles. The zero-order valence-electron chi connectivity index (χ0n) is 17.2. The van der Waals surface area contributed by atoms with Gasteiger partial charge in [-0.25, -0.2) is 4.98 Å². The number of benzene rings is 1. The monoisotopic (exact) mass is 414 g/mol. The molecule has 0 spiro atoms. The number of hydrogen-bond donors (Lipinski definition) is 5. The lowest BCUT2D eigenvalue weighted by Gasteiger charge is -2.25. The minimum Gasteiger partial charge on any atom is -0.426 e. The zero-order valence-corrected chi connectivity index (χ0v) is 17.2. The van der Waals surface area contributed by atoms with Gasteiger partial charge in [-0.2, -0.15) is 0 Å². The minimum atomic E-state index is -1.77. The topological polar surface area (TPSA) is 145 Å². The Hall–Kier alpha value is -2.82. The fourth-order valence-electron chi connectivity index (χ4n) is 2.86. The Kier molecular flexibility index (Phi) is 8.46. The number of aliphatic hydroxyl groups is 1. The summed E-state index contributed by atoms with van der Waals surface area (Å²) in [7, 11) is -1.77. The van der Waals surface area contributed by atoms with Gasteiger partial charge < -0.3 is 25.8 Å². The van der Waals surface area contributed by atoms with Crippen LogP contribution in [0.1, 0.15) is 37.7 Å². The molecule has 3 atom stereocenters. The van der Waals surface area contributed by atoms with Crippen molar-refractivity contribution >= 4 is 18.9 Å². The lowest BCUT2D eigenvalue weighted by molar-refractivity contribution is -0.125. The Balaban J connectivity index is 2.08. The molecule has 0 unspecified atom stereocenters. The number of nitrogens with one attached hydrogen (secondary N) is 2. The summed E-state index contributed by atoms with van der Waals surface area (Å²) in [6, 6.07) is 8.02. The van der Waals surface area contributed by atoms with Crippen LogP contribution in [0.15, 0.2) is 42.7 Å². The average Bonchev–Trinajstić information content (AvgIpc) is 2.71. The summed E-state index contributed by atoms with van der Waals surface area (Å²) in [5.41, 5.74) is 1.41. The number of aliphatic hydroxyl groups excluding tert-OH is 1. The number of carbonyl (C=O) groups excluding carboxylic acids is 2. The third-order valence-corrected chi connectivity index (χ3v) is 4.42. The van der Waals surface area contributed by atoms with E-state index in [0.717, 1.165) is 5.56 Å². The summed E-state index contributed by atoms with van der Waals surface area (Å²) < 4.78 is 0. The molecule has 0 saturated carbocycles. The van der Waals surface area contributed by atoms with Crippen molar-refractivity contribution in [3.8, 4) is 11.3 Å². The van der Waals surface area contributed by atoms with Crippen LogP contribution in [0.2, 0.25) is 0 Å². The molecule has 5 N–H and O–H groups in total. The first-order valence-electron chi connectivity index (χ1n) is 9.72. The Morgan fingerprint density at radius 3 is 2.20 bits per heavy atom. The summed E-state index contributed by atoms with van der Waals surface area (Å²) in [5.74, 6) is -2.25. The highest BCUT2D eigenvalue weighted by Crippen LogP contribution is 2.14. The van der Waals surface area contributed by atoms with Gasteiger partial charge in [0.05, 0.1) is 30.1 Å². The van der Waals surface area contributed by atoms with Crippen molar-refractivity contribution in [1.82, 2.24) is 20.6 Å². The van der Waals surface area contributed by atoms with Crippen LogP contribution in [0.3, 0.4) is 0 Å². The lowest BCUT2D eigenvalue weighted by atomic mass is 9.75.